The van der Waals surface area contributed by atoms with Crippen molar-refractivity contribution in [1.29, 1.82) is 0 Å². The number of benzene rings is 2. The molecule has 0 bridgehead atoms. The number of nitrogens with zero attached hydrogens (tertiary/aromatic N) is 1. The summed E-state index contributed by atoms with van der Waals surface area (Å²) in [6.07, 6.45) is 0.895. The van der Waals surface area contributed by atoms with E-state index < -0.39 is 4.46 Å². The number of hydrogen-bond acceptors (Lipinski definition) is 3. The predicted molar refractivity (Wildman–Crippen MR) is 98.0 cm³/mol. The van der Waals surface area contributed by atoms with Crippen molar-refractivity contribution in [2.45, 2.75) is 33.5 Å². The lowest BCUT2D eigenvalue weighted by Crippen LogP contribution is -2.21. The molecule has 23 heavy (non-hydrogen) atoms. The lowest BCUT2D eigenvalue weighted by molar-refractivity contribution is 0.414. The van der Waals surface area contributed by atoms with Crippen molar-refractivity contribution in [2.75, 3.05) is 12.0 Å². The number of para-hydroxylation sites is 1. The molecular formula is C18H17Cl2NOS. The first-order valence-corrected chi connectivity index (χ1v) is 9.22. The topological polar surface area (TPSA) is 12.2 Å². The maximum absolute atomic E-state index is 6.79. The number of anilines is 1. The number of fused-ring (bicyclic) bond motifs is 3. The fourth-order valence-electron chi connectivity index (χ4n) is 3.62. The highest BCUT2D eigenvalue weighted by Gasteiger charge is 2.76. The largest absolute Gasteiger partial charge is 0.497 e. The SMILES string of the molecule is COc1ccc(C23CC(C)Sc4ccccc4N2C3(Cl)Cl)cc1. The standard InChI is InChI=1S/C18H17Cl2NOS/c1-12-11-17(13-7-9-14(22-2)10-8-13)18(19,20)21(17)15-5-3-4-6-16(15)23-12/h3-10,12H,11H2,1-2H3. The molecule has 2 aliphatic heterocycles. The predicted octanol–water partition coefficient (Wildman–Crippen LogP) is 5.43. The third kappa shape index (κ3) is 2.10. The minimum atomic E-state index is -0.924. The van der Waals surface area contributed by atoms with Crippen molar-refractivity contribution in [2.24, 2.45) is 0 Å². The van der Waals surface area contributed by atoms with Crippen LogP contribution in [0, 0.1) is 0 Å². The summed E-state index contributed by atoms with van der Waals surface area (Å²) in [5.41, 5.74) is 1.86. The number of hydrogen-bond donors (Lipinski definition) is 0. The van der Waals surface area contributed by atoms with Crippen molar-refractivity contribution in [3.8, 4) is 5.75 Å². The summed E-state index contributed by atoms with van der Waals surface area (Å²) in [5.74, 6) is 0.837. The van der Waals surface area contributed by atoms with Crippen molar-refractivity contribution in [3.63, 3.8) is 0 Å². The molecule has 0 saturated carbocycles. The molecule has 1 fully saturated rings. The summed E-state index contributed by atoms with van der Waals surface area (Å²) in [6.45, 7) is 2.23. The summed E-state index contributed by atoms with van der Waals surface area (Å²) in [4.78, 5) is 3.38. The zero-order chi connectivity index (χ0) is 16.2. The number of rotatable bonds is 2. The lowest BCUT2D eigenvalue weighted by atomic mass is 9.93. The lowest BCUT2D eigenvalue weighted by Gasteiger charge is -2.19. The molecule has 2 aromatic rings. The van der Waals surface area contributed by atoms with Crippen LogP contribution >= 0.6 is 35.0 Å². The average molecular weight is 366 g/mol. The van der Waals surface area contributed by atoms with Crippen molar-refractivity contribution >= 4 is 40.7 Å². The van der Waals surface area contributed by atoms with Gasteiger partial charge in [-0.15, -0.1) is 11.8 Å². The van der Waals surface area contributed by atoms with Crippen LogP contribution in [0.5, 0.6) is 5.75 Å². The van der Waals surface area contributed by atoms with Gasteiger partial charge in [-0.3, -0.25) is 0 Å². The molecule has 4 rings (SSSR count). The van der Waals surface area contributed by atoms with Gasteiger partial charge in [-0.05, 0) is 36.2 Å². The Hall–Kier alpha value is -1.03. The van der Waals surface area contributed by atoms with Gasteiger partial charge in [0, 0.05) is 10.1 Å². The van der Waals surface area contributed by atoms with Crippen molar-refractivity contribution < 1.29 is 4.74 Å². The van der Waals surface area contributed by atoms with E-state index in [9.17, 15) is 0 Å². The quantitative estimate of drug-likeness (QED) is 0.400. The fraction of sp³-hybridized carbons (Fsp3) is 0.333. The second-order valence-electron chi connectivity index (χ2n) is 6.07. The minimum absolute atomic E-state index is 0.387. The van der Waals surface area contributed by atoms with Gasteiger partial charge in [-0.2, -0.15) is 0 Å². The zero-order valence-corrected chi connectivity index (χ0v) is 15.3. The Morgan fingerprint density at radius 2 is 1.83 bits per heavy atom. The summed E-state index contributed by atoms with van der Waals surface area (Å²) >= 11 is 15.5. The normalized spacial score (nSPS) is 27.7. The molecule has 5 heteroatoms. The van der Waals surface area contributed by atoms with Crippen LogP contribution in [-0.4, -0.2) is 16.8 Å². The van der Waals surface area contributed by atoms with Crippen LogP contribution in [0.4, 0.5) is 5.69 Å². The van der Waals surface area contributed by atoms with Gasteiger partial charge in [-0.25, -0.2) is 0 Å². The van der Waals surface area contributed by atoms with Crippen LogP contribution in [-0.2, 0) is 5.54 Å². The molecular weight excluding hydrogens is 349 g/mol. The number of halogens is 2. The first kappa shape index (κ1) is 15.5. The van der Waals surface area contributed by atoms with Crippen LogP contribution in [0.2, 0.25) is 0 Å². The second kappa shape index (κ2) is 5.23. The fourth-order valence-corrected chi connectivity index (χ4v) is 5.74. The summed E-state index contributed by atoms with van der Waals surface area (Å²) in [6, 6.07) is 16.4. The molecule has 2 heterocycles. The van der Waals surface area contributed by atoms with Crippen LogP contribution in [0.25, 0.3) is 0 Å². The molecule has 2 nitrogen and oxygen atoms in total. The molecule has 0 spiro atoms. The molecule has 2 unspecified atom stereocenters. The molecule has 2 aliphatic rings. The van der Waals surface area contributed by atoms with Gasteiger partial charge in [0.05, 0.1) is 12.8 Å². The van der Waals surface area contributed by atoms with E-state index in [1.165, 1.54) is 4.90 Å². The highest BCUT2D eigenvalue weighted by Crippen LogP contribution is 2.71. The van der Waals surface area contributed by atoms with Gasteiger partial charge in [0.15, 0.2) is 0 Å². The smallest absolute Gasteiger partial charge is 0.219 e. The van der Waals surface area contributed by atoms with Crippen molar-refractivity contribution in [1.82, 2.24) is 0 Å². The van der Waals surface area contributed by atoms with Crippen LogP contribution < -0.4 is 9.64 Å². The maximum atomic E-state index is 6.79. The van der Waals surface area contributed by atoms with Crippen LogP contribution in [0.1, 0.15) is 18.9 Å². The van der Waals surface area contributed by atoms with Gasteiger partial charge in [0.25, 0.3) is 0 Å². The Morgan fingerprint density at radius 3 is 2.52 bits per heavy atom. The third-order valence-electron chi connectivity index (χ3n) is 4.69. The van der Waals surface area contributed by atoms with Gasteiger partial charge in [0.1, 0.15) is 11.3 Å². The van der Waals surface area contributed by atoms with Gasteiger partial charge >= 0.3 is 0 Å². The molecule has 120 valence electrons. The summed E-state index contributed by atoms with van der Waals surface area (Å²) < 4.78 is 4.35. The van der Waals surface area contributed by atoms with Gasteiger partial charge < -0.3 is 9.64 Å². The molecule has 0 aliphatic carbocycles. The van der Waals surface area contributed by atoms with E-state index in [1.807, 2.05) is 30.0 Å². The Bertz CT molecular complexity index is 749. The Balaban J connectivity index is 1.86. The molecule has 0 aromatic heterocycles. The zero-order valence-electron chi connectivity index (χ0n) is 12.9. The van der Waals surface area contributed by atoms with E-state index in [1.54, 1.807) is 7.11 Å². The third-order valence-corrected chi connectivity index (χ3v) is 6.83. The Kier molecular flexibility index (Phi) is 3.53. The molecule has 0 amide bonds. The minimum Gasteiger partial charge on any atom is -0.497 e. The summed E-state index contributed by atoms with van der Waals surface area (Å²) in [7, 11) is 1.67. The highest BCUT2D eigenvalue weighted by molar-refractivity contribution is 8.00. The van der Waals surface area contributed by atoms with E-state index in [-0.39, 0.29) is 5.54 Å². The van der Waals surface area contributed by atoms with Crippen molar-refractivity contribution in [3.05, 3.63) is 54.1 Å². The number of methoxy groups -OCH3 is 1. The summed E-state index contributed by atoms with van der Waals surface area (Å²) in [5, 5.41) is 0.419. The van der Waals surface area contributed by atoms with E-state index in [4.69, 9.17) is 27.9 Å². The second-order valence-corrected chi connectivity index (χ2v) is 8.83. The maximum Gasteiger partial charge on any atom is 0.219 e. The van der Waals surface area contributed by atoms with Gasteiger partial charge in [0.2, 0.25) is 4.46 Å². The number of alkyl halides is 2. The Labute approximate surface area is 150 Å². The van der Waals surface area contributed by atoms with Crippen LogP contribution in [0.3, 0.4) is 0 Å². The van der Waals surface area contributed by atoms with E-state index in [2.05, 4.69) is 42.2 Å². The highest BCUT2D eigenvalue weighted by atomic mass is 35.5. The molecule has 2 atom stereocenters. The Morgan fingerprint density at radius 1 is 1.13 bits per heavy atom. The molecule has 2 aromatic carbocycles. The van der Waals surface area contributed by atoms with Crippen LogP contribution in [0.15, 0.2) is 53.4 Å². The van der Waals surface area contributed by atoms with Gasteiger partial charge in [-0.1, -0.05) is 54.4 Å². The van der Waals surface area contributed by atoms with E-state index in [0.717, 1.165) is 23.4 Å². The molecule has 0 radical (unpaired) electrons. The first-order valence-electron chi connectivity index (χ1n) is 7.59. The number of thioether (sulfide) groups is 1. The van der Waals surface area contributed by atoms with E-state index in [0.29, 0.717) is 5.25 Å². The number of ether oxygens (including phenoxy) is 1. The molecule has 1 saturated heterocycles. The average Bonchev–Trinajstić information content (AvgIpc) is 3.08. The first-order chi connectivity index (χ1) is 11.0. The molecule has 0 N–H and O–H groups in total. The monoisotopic (exact) mass is 365 g/mol. The van der Waals surface area contributed by atoms with E-state index >= 15 is 0 Å².